The van der Waals surface area contributed by atoms with Gasteiger partial charge < -0.3 is 10.8 Å². The molecule has 2 atom stereocenters. The summed E-state index contributed by atoms with van der Waals surface area (Å²) < 4.78 is 1.78. The molecule has 2 nitrogen and oxygen atoms in total. The fraction of sp³-hybridized carbons (Fsp3) is 0.200. The molecule has 0 aromatic heterocycles. The molecule has 0 aliphatic carbocycles. The Morgan fingerprint density at radius 1 is 1.10 bits per heavy atom. The van der Waals surface area contributed by atoms with E-state index in [-0.39, 0.29) is 5.92 Å². The third-order valence-corrected chi connectivity index (χ3v) is 4.75. The maximum Gasteiger partial charge on any atom is 0.0882 e. The lowest BCUT2D eigenvalue weighted by Gasteiger charge is -2.24. The van der Waals surface area contributed by atoms with Gasteiger partial charge in [0.2, 0.25) is 0 Å². The molecule has 0 fully saturated rings. The molecule has 3 N–H and O–H groups in total. The summed E-state index contributed by atoms with van der Waals surface area (Å²) in [6.07, 6.45) is -0.720. The van der Waals surface area contributed by atoms with Crippen molar-refractivity contribution in [2.45, 2.75) is 12.0 Å². The fourth-order valence-electron chi connectivity index (χ4n) is 2.16. The van der Waals surface area contributed by atoms with Crippen LogP contribution in [0.2, 0.25) is 5.02 Å². The molecule has 106 valence electrons. The molecular formula is C15H14Br2ClNO. The smallest absolute Gasteiger partial charge is 0.0882 e. The minimum atomic E-state index is -0.720. The number of hydrogen-bond donors (Lipinski definition) is 2. The first-order valence-electron chi connectivity index (χ1n) is 6.12. The van der Waals surface area contributed by atoms with Gasteiger partial charge in [-0.25, -0.2) is 0 Å². The SMILES string of the molecule is NCC(c1ccccc1Cl)C(O)c1ccc(Br)cc1Br. The lowest BCUT2D eigenvalue weighted by Crippen LogP contribution is -2.20. The highest BCUT2D eigenvalue weighted by molar-refractivity contribution is 9.11. The summed E-state index contributed by atoms with van der Waals surface area (Å²) in [6, 6.07) is 13.1. The molecule has 2 unspecified atom stereocenters. The van der Waals surface area contributed by atoms with Gasteiger partial charge in [-0.1, -0.05) is 67.7 Å². The van der Waals surface area contributed by atoms with Gasteiger partial charge in [0.05, 0.1) is 6.10 Å². The van der Waals surface area contributed by atoms with Crippen LogP contribution in [0.4, 0.5) is 0 Å². The third kappa shape index (κ3) is 3.43. The van der Waals surface area contributed by atoms with Crippen LogP contribution in [-0.4, -0.2) is 11.7 Å². The van der Waals surface area contributed by atoms with Crippen LogP contribution < -0.4 is 5.73 Å². The molecule has 5 heteroatoms. The summed E-state index contributed by atoms with van der Waals surface area (Å²) in [6.45, 7) is 0.313. The number of halogens is 3. The molecule has 20 heavy (non-hydrogen) atoms. The molecule has 0 aliphatic heterocycles. The van der Waals surface area contributed by atoms with E-state index in [0.717, 1.165) is 20.1 Å². The van der Waals surface area contributed by atoms with Crippen molar-refractivity contribution in [2.75, 3.05) is 6.54 Å². The highest BCUT2D eigenvalue weighted by atomic mass is 79.9. The van der Waals surface area contributed by atoms with Crippen molar-refractivity contribution < 1.29 is 5.11 Å². The van der Waals surface area contributed by atoms with Crippen molar-refractivity contribution in [2.24, 2.45) is 5.73 Å². The van der Waals surface area contributed by atoms with Gasteiger partial charge in [-0.15, -0.1) is 0 Å². The zero-order valence-corrected chi connectivity index (χ0v) is 14.5. The minimum Gasteiger partial charge on any atom is -0.388 e. The lowest BCUT2D eigenvalue weighted by molar-refractivity contribution is 0.146. The highest BCUT2D eigenvalue weighted by Crippen LogP contribution is 2.37. The highest BCUT2D eigenvalue weighted by Gasteiger charge is 2.24. The van der Waals surface area contributed by atoms with Gasteiger partial charge in [-0.2, -0.15) is 0 Å². The van der Waals surface area contributed by atoms with E-state index in [1.54, 1.807) is 0 Å². The molecule has 0 radical (unpaired) electrons. The number of hydrogen-bond acceptors (Lipinski definition) is 2. The monoisotopic (exact) mass is 417 g/mol. The Hall–Kier alpha value is -0.390. The van der Waals surface area contributed by atoms with E-state index in [0.29, 0.717) is 11.6 Å². The zero-order valence-electron chi connectivity index (χ0n) is 10.6. The van der Waals surface area contributed by atoms with E-state index in [1.807, 2.05) is 42.5 Å². The number of aliphatic hydroxyl groups is 1. The standard InChI is InChI=1S/C15H14Br2ClNO/c16-9-5-6-11(13(17)7-9)15(20)12(8-19)10-3-1-2-4-14(10)18/h1-7,12,15,20H,8,19H2. The molecule has 0 aliphatic rings. The largest absolute Gasteiger partial charge is 0.388 e. The minimum absolute atomic E-state index is 0.249. The Morgan fingerprint density at radius 3 is 2.40 bits per heavy atom. The van der Waals surface area contributed by atoms with Crippen LogP contribution >= 0.6 is 43.5 Å². The molecule has 2 aromatic carbocycles. The van der Waals surface area contributed by atoms with Crippen LogP contribution in [0.1, 0.15) is 23.1 Å². The molecule has 0 amide bonds. The average molecular weight is 420 g/mol. The first-order valence-corrected chi connectivity index (χ1v) is 8.08. The molecular weight excluding hydrogens is 405 g/mol. The van der Waals surface area contributed by atoms with Gasteiger partial charge in [0.15, 0.2) is 0 Å². The zero-order chi connectivity index (χ0) is 14.7. The number of rotatable bonds is 4. The number of benzene rings is 2. The van der Waals surface area contributed by atoms with Crippen molar-refractivity contribution in [1.82, 2.24) is 0 Å². The lowest BCUT2D eigenvalue weighted by atomic mass is 9.89. The first kappa shape index (κ1) is 16.0. The second kappa shape index (κ2) is 7.05. The van der Waals surface area contributed by atoms with E-state index < -0.39 is 6.10 Å². The van der Waals surface area contributed by atoms with E-state index in [9.17, 15) is 5.11 Å². The Morgan fingerprint density at radius 2 is 1.80 bits per heavy atom. The summed E-state index contributed by atoms with van der Waals surface area (Å²) in [5, 5.41) is 11.3. The Kier molecular flexibility index (Phi) is 5.64. The van der Waals surface area contributed by atoms with E-state index in [4.69, 9.17) is 17.3 Å². The summed E-state index contributed by atoms with van der Waals surface area (Å²) in [7, 11) is 0. The number of aliphatic hydroxyl groups excluding tert-OH is 1. The van der Waals surface area contributed by atoms with Crippen molar-refractivity contribution >= 4 is 43.5 Å². The molecule has 0 saturated heterocycles. The van der Waals surface area contributed by atoms with Gasteiger partial charge in [-0.3, -0.25) is 0 Å². The van der Waals surface area contributed by atoms with Gasteiger partial charge in [0.25, 0.3) is 0 Å². The first-order chi connectivity index (χ1) is 9.54. The van der Waals surface area contributed by atoms with Crippen molar-refractivity contribution in [1.29, 1.82) is 0 Å². The number of nitrogens with two attached hydrogens (primary N) is 1. The van der Waals surface area contributed by atoms with E-state index in [1.165, 1.54) is 0 Å². The maximum atomic E-state index is 10.6. The third-order valence-electron chi connectivity index (χ3n) is 3.22. The molecule has 0 saturated carbocycles. The van der Waals surface area contributed by atoms with Crippen LogP contribution in [0.15, 0.2) is 51.4 Å². The topological polar surface area (TPSA) is 46.2 Å². The summed E-state index contributed by atoms with van der Waals surface area (Å²) in [5.74, 6) is -0.249. The van der Waals surface area contributed by atoms with Crippen LogP contribution in [0.5, 0.6) is 0 Å². The predicted octanol–water partition coefficient (Wildman–Crippen LogP) is 4.64. The van der Waals surface area contributed by atoms with Gasteiger partial charge in [-0.05, 0) is 29.3 Å². The van der Waals surface area contributed by atoms with Crippen molar-refractivity contribution in [3.8, 4) is 0 Å². The van der Waals surface area contributed by atoms with Crippen LogP contribution in [0.25, 0.3) is 0 Å². The quantitative estimate of drug-likeness (QED) is 0.758. The maximum absolute atomic E-state index is 10.6. The van der Waals surface area contributed by atoms with Crippen LogP contribution in [0, 0.1) is 0 Å². The predicted molar refractivity (Wildman–Crippen MR) is 90.0 cm³/mol. The fourth-order valence-corrected chi connectivity index (χ4v) is 3.72. The molecule has 0 heterocycles. The average Bonchev–Trinajstić information content (AvgIpc) is 2.41. The normalized spacial score (nSPS) is 14.1. The summed E-state index contributed by atoms with van der Waals surface area (Å²) in [4.78, 5) is 0. The van der Waals surface area contributed by atoms with E-state index >= 15 is 0 Å². The van der Waals surface area contributed by atoms with Crippen molar-refractivity contribution in [3.63, 3.8) is 0 Å². The van der Waals surface area contributed by atoms with Gasteiger partial charge >= 0.3 is 0 Å². The Labute approximate surface area is 140 Å². The second-order valence-corrected chi connectivity index (χ2v) is 6.65. The van der Waals surface area contributed by atoms with Crippen molar-refractivity contribution in [3.05, 3.63) is 67.6 Å². The molecule has 0 spiro atoms. The Bertz CT molecular complexity index is 606. The Balaban J connectivity index is 2.39. The molecule has 2 aromatic rings. The summed E-state index contributed by atoms with van der Waals surface area (Å²) >= 11 is 13.1. The second-order valence-electron chi connectivity index (χ2n) is 4.47. The van der Waals surface area contributed by atoms with Crippen LogP contribution in [0.3, 0.4) is 0 Å². The van der Waals surface area contributed by atoms with Gasteiger partial charge in [0.1, 0.15) is 0 Å². The van der Waals surface area contributed by atoms with Gasteiger partial charge in [0, 0.05) is 26.4 Å². The molecule has 2 rings (SSSR count). The summed E-state index contributed by atoms with van der Waals surface area (Å²) in [5.41, 5.74) is 7.50. The van der Waals surface area contributed by atoms with Crippen LogP contribution in [-0.2, 0) is 0 Å². The van der Waals surface area contributed by atoms with E-state index in [2.05, 4.69) is 31.9 Å². The molecule has 0 bridgehead atoms.